The van der Waals surface area contributed by atoms with Crippen LogP contribution in [-0.2, 0) is 10.2 Å². The first kappa shape index (κ1) is 13.8. The van der Waals surface area contributed by atoms with Crippen molar-refractivity contribution in [2.24, 2.45) is 0 Å². The molecule has 3 rings (SSSR count). The van der Waals surface area contributed by atoms with Gasteiger partial charge in [-0.1, -0.05) is 18.2 Å². The molecule has 2 aliphatic heterocycles. The predicted octanol–water partition coefficient (Wildman–Crippen LogP) is 2.70. The topological polar surface area (TPSA) is 48.0 Å². The third-order valence-corrected chi connectivity index (χ3v) is 4.08. The van der Waals surface area contributed by atoms with E-state index in [1.165, 1.54) is 0 Å². The normalized spacial score (nSPS) is 22.9. The summed E-state index contributed by atoms with van der Waals surface area (Å²) < 4.78 is 16.2. The second-order valence-corrected chi connectivity index (χ2v) is 5.24. The van der Waals surface area contributed by atoms with Crippen LogP contribution in [0.4, 0.5) is 4.79 Å². The van der Waals surface area contributed by atoms with Crippen molar-refractivity contribution in [1.29, 1.82) is 0 Å². The minimum atomic E-state index is -0.298. The third kappa shape index (κ3) is 2.22. The van der Waals surface area contributed by atoms with Crippen molar-refractivity contribution in [3.05, 3.63) is 36.0 Å². The highest BCUT2D eigenvalue weighted by molar-refractivity contribution is 5.69. The van der Waals surface area contributed by atoms with Gasteiger partial charge < -0.3 is 14.2 Å². The molecule has 5 nitrogen and oxygen atoms in total. The molecule has 0 bridgehead atoms. The van der Waals surface area contributed by atoms with E-state index in [9.17, 15) is 4.79 Å². The van der Waals surface area contributed by atoms with Crippen molar-refractivity contribution >= 4 is 6.09 Å². The number of hydrogen-bond acceptors (Lipinski definition) is 4. The van der Waals surface area contributed by atoms with E-state index in [1.54, 1.807) is 25.1 Å². The van der Waals surface area contributed by atoms with Gasteiger partial charge in [0.2, 0.25) is 0 Å². The second-order valence-electron chi connectivity index (χ2n) is 5.24. The molecule has 1 amide bonds. The molecule has 2 heterocycles. The molecule has 5 heteroatoms. The van der Waals surface area contributed by atoms with Crippen LogP contribution < -0.4 is 9.47 Å². The highest BCUT2D eigenvalue weighted by atomic mass is 16.6. The minimum absolute atomic E-state index is 0.174. The fourth-order valence-electron chi connectivity index (χ4n) is 2.91. The predicted molar refractivity (Wildman–Crippen MR) is 77.7 cm³/mol. The average Bonchev–Trinajstić information content (AvgIpc) is 2.87. The summed E-state index contributed by atoms with van der Waals surface area (Å²) in [5.41, 5.74) is 0.953. The standard InChI is InChI=1S/C16H19NO4/c1-3-20-15(18)17-9-7-16(8-10-17)11-21-14-12(16)5-4-6-13(14)19-2/h4-7,9H,3,8,10-11H2,1-2H3/t16-/m1/s1. The van der Waals surface area contributed by atoms with Gasteiger partial charge >= 0.3 is 6.09 Å². The number of benzene rings is 1. The molecule has 0 unspecified atom stereocenters. The van der Waals surface area contributed by atoms with E-state index in [0.29, 0.717) is 19.8 Å². The smallest absolute Gasteiger partial charge is 0.413 e. The summed E-state index contributed by atoms with van der Waals surface area (Å²) in [5.74, 6) is 1.57. The van der Waals surface area contributed by atoms with Crippen LogP contribution in [0.25, 0.3) is 0 Å². The van der Waals surface area contributed by atoms with Crippen LogP contribution in [0.1, 0.15) is 18.9 Å². The Labute approximate surface area is 124 Å². The van der Waals surface area contributed by atoms with E-state index in [-0.39, 0.29) is 11.5 Å². The van der Waals surface area contributed by atoms with E-state index in [2.05, 4.69) is 6.07 Å². The first-order chi connectivity index (χ1) is 10.2. The van der Waals surface area contributed by atoms with Crippen LogP contribution in [0.15, 0.2) is 30.5 Å². The van der Waals surface area contributed by atoms with Crippen molar-refractivity contribution in [3.63, 3.8) is 0 Å². The molecule has 1 atom stereocenters. The Morgan fingerprint density at radius 3 is 3.00 bits per heavy atom. The van der Waals surface area contributed by atoms with Gasteiger partial charge in [-0.3, -0.25) is 4.90 Å². The highest BCUT2D eigenvalue weighted by Crippen LogP contribution is 2.48. The maximum absolute atomic E-state index is 11.7. The third-order valence-electron chi connectivity index (χ3n) is 4.08. The molecule has 0 fully saturated rings. The maximum Gasteiger partial charge on any atom is 0.413 e. The lowest BCUT2D eigenvalue weighted by molar-refractivity contribution is 0.116. The van der Waals surface area contributed by atoms with Gasteiger partial charge in [-0.25, -0.2) is 4.79 Å². The van der Waals surface area contributed by atoms with Gasteiger partial charge in [0.15, 0.2) is 11.5 Å². The van der Waals surface area contributed by atoms with Crippen molar-refractivity contribution in [2.45, 2.75) is 18.8 Å². The molecule has 2 aliphatic rings. The first-order valence-electron chi connectivity index (χ1n) is 7.13. The lowest BCUT2D eigenvalue weighted by Crippen LogP contribution is -2.38. The van der Waals surface area contributed by atoms with Crippen molar-refractivity contribution < 1.29 is 19.0 Å². The zero-order valence-corrected chi connectivity index (χ0v) is 12.3. The van der Waals surface area contributed by atoms with Gasteiger partial charge in [-0.05, 0) is 19.4 Å². The van der Waals surface area contributed by atoms with Gasteiger partial charge in [0.1, 0.15) is 6.61 Å². The number of amides is 1. The number of fused-ring (bicyclic) bond motifs is 2. The van der Waals surface area contributed by atoms with E-state index >= 15 is 0 Å². The van der Waals surface area contributed by atoms with Gasteiger partial charge in [0, 0.05) is 18.3 Å². The Morgan fingerprint density at radius 2 is 2.33 bits per heavy atom. The van der Waals surface area contributed by atoms with E-state index in [4.69, 9.17) is 14.2 Å². The summed E-state index contributed by atoms with van der Waals surface area (Å²) in [5, 5.41) is 0. The zero-order valence-electron chi connectivity index (χ0n) is 12.3. The van der Waals surface area contributed by atoms with Gasteiger partial charge in [0.05, 0.1) is 19.1 Å². The number of carbonyl (C=O) groups excluding carboxylic acids is 1. The molecule has 1 spiro atoms. The number of rotatable bonds is 2. The summed E-state index contributed by atoms with van der Waals surface area (Å²) in [6, 6.07) is 5.93. The average molecular weight is 289 g/mol. The van der Waals surface area contributed by atoms with E-state index < -0.39 is 0 Å². The molecule has 0 radical (unpaired) electrons. The number of para-hydroxylation sites is 1. The summed E-state index contributed by atoms with van der Waals surface area (Å²) in [6.07, 6.45) is 4.36. The summed E-state index contributed by atoms with van der Waals surface area (Å²) in [7, 11) is 1.64. The minimum Gasteiger partial charge on any atom is -0.493 e. The number of hydrogen-bond donors (Lipinski definition) is 0. The Morgan fingerprint density at radius 1 is 1.48 bits per heavy atom. The lowest BCUT2D eigenvalue weighted by Gasteiger charge is -2.32. The number of carbonyl (C=O) groups is 1. The SMILES string of the molecule is CCOC(=O)N1C=C[C@@]2(CC1)COc1c(OC)cccc12. The Bertz CT molecular complexity index is 584. The van der Waals surface area contributed by atoms with Crippen LogP contribution >= 0.6 is 0 Å². The monoisotopic (exact) mass is 289 g/mol. The molecule has 1 aromatic rings. The molecule has 0 aromatic heterocycles. The van der Waals surface area contributed by atoms with Crippen LogP contribution in [-0.4, -0.2) is 37.9 Å². The van der Waals surface area contributed by atoms with Crippen molar-refractivity contribution in [1.82, 2.24) is 4.90 Å². The molecule has 21 heavy (non-hydrogen) atoms. The van der Waals surface area contributed by atoms with Gasteiger partial charge in [0.25, 0.3) is 0 Å². The molecular weight excluding hydrogens is 270 g/mol. The fraction of sp³-hybridized carbons (Fsp3) is 0.438. The summed E-state index contributed by atoms with van der Waals surface area (Å²) in [6.45, 7) is 3.39. The maximum atomic E-state index is 11.7. The molecule has 0 aliphatic carbocycles. The number of methoxy groups -OCH3 is 1. The Balaban J connectivity index is 1.87. The Kier molecular flexibility index (Phi) is 3.49. The van der Waals surface area contributed by atoms with Crippen molar-refractivity contribution in [3.8, 4) is 11.5 Å². The zero-order chi connectivity index (χ0) is 14.9. The highest BCUT2D eigenvalue weighted by Gasteiger charge is 2.42. The van der Waals surface area contributed by atoms with E-state index in [1.807, 2.05) is 18.2 Å². The number of nitrogens with zero attached hydrogens (tertiary/aromatic N) is 1. The van der Waals surface area contributed by atoms with E-state index in [0.717, 1.165) is 23.5 Å². The quantitative estimate of drug-likeness (QED) is 0.840. The van der Waals surface area contributed by atoms with Crippen LogP contribution in [0.5, 0.6) is 11.5 Å². The lowest BCUT2D eigenvalue weighted by atomic mass is 9.78. The Hall–Kier alpha value is -2.17. The van der Waals surface area contributed by atoms with Crippen LogP contribution in [0, 0.1) is 0 Å². The summed E-state index contributed by atoms with van der Waals surface area (Å²) >= 11 is 0. The largest absolute Gasteiger partial charge is 0.493 e. The molecule has 1 aromatic carbocycles. The molecule has 112 valence electrons. The van der Waals surface area contributed by atoms with Crippen LogP contribution in [0.2, 0.25) is 0 Å². The van der Waals surface area contributed by atoms with Crippen LogP contribution in [0.3, 0.4) is 0 Å². The van der Waals surface area contributed by atoms with Crippen molar-refractivity contribution in [2.75, 3.05) is 26.9 Å². The molecule has 0 N–H and O–H groups in total. The number of ether oxygens (including phenoxy) is 3. The second kappa shape index (κ2) is 5.31. The molecular formula is C16H19NO4. The first-order valence-corrected chi connectivity index (χ1v) is 7.13. The van der Waals surface area contributed by atoms with Gasteiger partial charge in [-0.15, -0.1) is 0 Å². The summed E-state index contributed by atoms with van der Waals surface area (Å²) in [4.78, 5) is 13.4. The molecule has 0 saturated heterocycles. The molecule has 0 saturated carbocycles. The van der Waals surface area contributed by atoms with Gasteiger partial charge in [-0.2, -0.15) is 0 Å². The fourth-order valence-corrected chi connectivity index (χ4v) is 2.91.